The maximum absolute atomic E-state index is 14.0. The molecule has 1 atom stereocenters. The minimum Gasteiger partial charge on any atom is -0.350 e. The third-order valence-electron chi connectivity index (χ3n) is 6.00. The number of sulfonamides is 1. The van der Waals surface area contributed by atoms with E-state index in [2.05, 4.69) is 5.32 Å². The van der Waals surface area contributed by atoms with Gasteiger partial charge in [-0.15, -0.1) is 0 Å². The summed E-state index contributed by atoms with van der Waals surface area (Å²) in [5.41, 5.74) is 1.08. The number of carbonyl (C=O) groups excluding carboxylic acids is 2. The van der Waals surface area contributed by atoms with Crippen molar-refractivity contribution in [2.75, 3.05) is 10.8 Å². The van der Waals surface area contributed by atoms with Crippen LogP contribution in [0, 0.1) is 6.92 Å². The lowest BCUT2D eigenvalue weighted by Gasteiger charge is -2.33. The van der Waals surface area contributed by atoms with E-state index in [9.17, 15) is 18.0 Å². The van der Waals surface area contributed by atoms with Gasteiger partial charge < -0.3 is 10.2 Å². The van der Waals surface area contributed by atoms with Gasteiger partial charge >= 0.3 is 0 Å². The summed E-state index contributed by atoms with van der Waals surface area (Å²) < 4.78 is 28.8. The Morgan fingerprint density at radius 3 is 2.05 bits per heavy atom. The number of anilines is 1. The standard InChI is InChI=1S/C29H32Cl3N3O4S/c1-19-6-13-24(14-7-19)40(38,39)35(26-16-23(31)12-15-25(26)32)18-27(36)34(17-21-8-10-22(30)11-9-21)20(2)28(37)33-29(3,4)5/h6-16,20H,17-18H2,1-5H3,(H,33,37). The smallest absolute Gasteiger partial charge is 0.264 e. The Morgan fingerprint density at radius 2 is 1.48 bits per heavy atom. The van der Waals surface area contributed by atoms with Gasteiger partial charge in [0.05, 0.1) is 15.6 Å². The molecule has 2 amide bonds. The van der Waals surface area contributed by atoms with Crippen LogP contribution in [0.2, 0.25) is 15.1 Å². The first-order valence-electron chi connectivity index (χ1n) is 12.5. The highest BCUT2D eigenvalue weighted by Crippen LogP contribution is 2.33. The fraction of sp³-hybridized carbons (Fsp3) is 0.310. The predicted octanol–water partition coefficient (Wildman–Crippen LogP) is 6.48. The second-order valence-electron chi connectivity index (χ2n) is 10.5. The molecule has 0 aliphatic heterocycles. The minimum atomic E-state index is -4.27. The second-order valence-corrected chi connectivity index (χ2v) is 13.6. The normalized spacial score (nSPS) is 12.5. The van der Waals surface area contributed by atoms with E-state index < -0.39 is 34.1 Å². The number of benzene rings is 3. The van der Waals surface area contributed by atoms with Gasteiger partial charge in [-0.3, -0.25) is 13.9 Å². The molecule has 0 aliphatic rings. The summed E-state index contributed by atoms with van der Waals surface area (Å²) in [6, 6.07) is 16.6. The zero-order valence-corrected chi connectivity index (χ0v) is 26.0. The molecule has 7 nitrogen and oxygen atoms in total. The zero-order chi connectivity index (χ0) is 29.8. The largest absolute Gasteiger partial charge is 0.350 e. The zero-order valence-electron chi connectivity index (χ0n) is 22.9. The first-order chi connectivity index (χ1) is 18.6. The Kier molecular flexibility index (Phi) is 10.2. The molecule has 11 heteroatoms. The van der Waals surface area contributed by atoms with Crippen molar-refractivity contribution < 1.29 is 18.0 Å². The highest BCUT2D eigenvalue weighted by atomic mass is 35.5. The van der Waals surface area contributed by atoms with E-state index in [0.717, 1.165) is 9.87 Å². The molecule has 0 fully saturated rings. The third kappa shape index (κ3) is 8.13. The molecule has 0 aromatic heterocycles. The molecule has 3 rings (SSSR count). The van der Waals surface area contributed by atoms with Crippen LogP contribution in [-0.4, -0.2) is 43.3 Å². The van der Waals surface area contributed by atoms with Crippen LogP contribution in [0.15, 0.2) is 71.6 Å². The van der Waals surface area contributed by atoms with Gasteiger partial charge in [0.1, 0.15) is 12.6 Å². The topological polar surface area (TPSA) is 86.8 Å². The van der Waals surface area contributed by atoms with Crippen LogP contribution in [0.1, 0.15) is 38.8 Å². The molecule has 0 aliphatic carbocycles. The summed E-state index contributed by atoms with van der Waals surface area (Å²) in [7, 11) is -4.27. The first-order valence-corrected chi connectivity index (χ1v) is 15.1. The number of halogens is 3. The second kappa shape index (κ2) is 12.8. The number of aryl methyl sites for hydroxylation is 1. The third-order valence-corrected chi connectivity index (χ3v) is 8.58. The van der Waals surface area contributed by atoms with Gasteiger partial charge in [0.25, 0.3) is 10.0 Å². The van der Waals surface area contributed by atoms with E-state index in [0.29, 0.717) is 10.6 Å². The van der Waals surface area contributed by atoms with E-state index in [1.54, 1.807) is 43.3 Å². The van der Waals surface area contributed by atoms with Crippen LogP contribution in [0.5, 0.6) is 0 Å². The summed E-state index contributed by atoms with van der Waals surface area (Å²) >= 11 is 18.7. The van der Waals surface area contributed by atoms with Crippen molar-refractivity contribution >= 4 is 62.3 Å². The molecule has 0 bridgehead atoms. The minimum absolute atomic E-state index is 0.0234. The highest BCUT2D eigenvalue weighted by Gasteiger charge is 2.34. The van der Waals surface area contributed by atoms with Crippen molar-refractivity contribution in [1.82, 2.24) is 10.2 Å². The van der Waals surface area contributed by atoms with E-state index in [4.69, 9.17) is 34.8 Å². The van der Waals surface area contributed by atoms with Crippen LogP contribution in [0.25, 0.3) is 0 Å². The summed E-state index contributed by atoms with van der Waals surface area (Å²) in [5.74, 6) is -0.998. The highest BCUT2D eigenvalue weighted by molar-refractivity contribution is 7.92. The number of carbonyl (C=O) groups is 2. The number of nitrogens with zero attached hydrogens (tertiary/aromatic N) is 2. The summed E-state index contributed by atoms with van der Waals surface area (Å²) in [5, 5.41) is 3.74. The average Bonchev–Trinajstić information content (AvgIpc) is 2.87. The fourth-order valence-electron chi connectivity index (χ4n) is 3.87. The van der Waals surface area contributed by atoms with Crippen molar-refractivity contribution in [3.8, 4) is 0 Å². The molecule has 0 radical (unpaired) electrons. The molecule has 0 heterocycles. The maximum atomic E-state index is 14.0. The molecule has 40 heavy (non-hydrogen) atoms. The van der Waals surface area contributed by atoms with Gasteiger partial charge in [-0.2, -0.15) is 0 Å². The van der Waals surface area contributed by atoms with E-state index >= 15 is 0 Å². The van der Waals surface area contributed by atoms with Gasteiger partial charge in [0, 0.05) is 22.1 Å². The fourth-order valence-corrected chi connectivity index (χ4v) is 5.86. The predicted molar refractivity (Wildman–Crippen MR) is 162 cm³/mol. The van der Waals surface area contributed by atoms with Gasteiger partial charge in [0.15, 0.2) is 0 Å². The van der Waals surface area contributed by atoms with Gasteiger partial charge in [-0.25, -0.2) is 8.42 Å². The van der Waals surface area contributed by atoms with E-state index in [1.807, 2.05) is 27.7 Å². The Balaban J connectivity index is 2.08. The van der Waals surface area contributed by atoms with Crippen molar-refractivity contribution in [3.05, 3.63) is 92.9 Å². The number of nitrogens with one attached hydrogen (secondary N) is 1. The Labute approximate surface area is 251 Å². The Hall–Kier alpha value is -2.78. The number of amides is 2. The van der Waals surface area contributed by atoms with Crippen molar-refractivity contribution in [3.63, 3.8) is 0 Å². The maximum Gasteiger partial charge on any atom is 0.264 e. The molecule has 214 valence electrons. The van der Waals surface area contributed by atoms with Crippen LogP contribution in [-0.2, 0) is 26.2 Å². The van der Waals surface area contributed by atoms with E-state index in [-0.39, 0.29) is 33.1 Å². The molecule has 3 aromatic carbocycles. The monoisotopic (exact) mass is 623 g/mol. The molecular formula is C29H32Cl3N3O4S. The Morgan fingerprint density at radius 1 is 0.900 bits per heavy atom. The molecule has 0 spiro atoms. The molecule has 0 saturated carbocycles. The molecule has 1 unspecified atom stereocenters. The van der Waals surface area contributed by atoms with E-state index in [1.165, 1.54) is 35.2 Å². The van der Waals surface area contributed by atoms with Crippen LogP contribution in [0.4, 0.5) is 5.69 Å². The van der Waals surface area contributed by atoms with Gasteiger partial charge in [0.2, 0.25) is 11.8 Å². The number of hydrogen-bond donors (Lipinski definition) is 1. The molecule has 0 saturated heterocycles. The Bertz CT molecular complexity index is 1470. The molecular weight excluding hydrogens is 593 g/mol. The first kappa shape index (κ1) is 31.7. The SMILES string of the molecule is Cc1ccc(S(=O)(=O)N(CC(=O)N(Cc2ccc(Cl)cc2)C(C)C(=O)NC(C)(C)C)c2cc(Cl)ccc2Cl)cc1. The van der Waals surface area contributed by atoms with Gasteiger partial charge in [-0.1, -0.05) is 64.6 Å². The number of rotatable bonds is 9. The van der Waals surface area contributed by atoms with Crippen LogP contribution in [0.3, 0.4) is 0 Å². The summed E-state index contributed by atoms with van der Waals surface area (Å²) in [4.78, 5) is 28.4. The molecule has 3 aromatic rings. The number of hydrogen-bond acceptors (Lipinski definition) is 4. The van der Waals surface area contributed by atoms with Crippen molar-refractivity contribution in [2.45, 2.75) is 57.6 Å². The van der Waals surface area contributed by atoms with Crippen LogP contribution >= 0.6 is 34.8 Å². The quantitative estimate of drug-likeness (QED) is 0.295. The summed E-state index contributed by atoms with van der Waals surface area (Å²) in [6.45, 7) is 8.34. The molecule has 1 N–H and O–H groups in total. The lowest BCUT2D eigenvalue weighted by molar-refractivity contribution is -0.140. The van der Waals surface area contributed by atoms with Crippen molar-refractivity contribution in [1.29, 1.82) is 0 Å². The lowest BCUT2D eigenvalue weighted by Crippen LogP contribution is -2.54. The van der Waals surface area contributed by atoms with Crippen LogP contribution < -0.4 is 9.62 Å². The van der Waals surface area contributed by atoms with Crippen molar-refractivity contribution in [2.24, 2.45) is 0 Å². The van der Waals surface area contributed by atoms with Gasteiger partial charge in [-0.05, 0) is 82.6 Å². The summed E-state index contributed by atoms with van der Waals surface area (Å²) in [6.07, 6.45) is 0. The lowest BCUT2D eigenvalue weighted by atomic mass is 10.1. The average molecular weight is 625 g/mol.